The SMILES string of the molecule is CCNC(CC(C)(C)C)c1nc(C)cs1. The van der Waals surface area contributed by atoms with Gasteiger partial charge in [0.15, 0.2) is 0 Å². The van der Waals surface area contributed by atoms with Gasteiger partial charge in [-0.2, -0.15) is 0 Å². The molecule has 2 nitrogen and oxygen atoms in total. The highest BCUT2D eigenvalue weighted by atomic mass is 32.1. The summed E-state index contributed by atoms with van der Waals surface area (Å²) in [5, 5.41) is 6.87. The van der Waals surface area contributed by atoms with Gasteiger partial charge in [-0.15, -0.1) is 11.3 Å². The Morgan fingerprint density at radius 1 is 1.47 bits per heavy atom. The lowest BCUT2D eigenvalue weighted by Crippen LogP contribution is -2.25. The molecule has 0 aliphatic heterocycles. The normalized spacial score (nSPS) is 14.2. The summed E-state index contributed by atoms with van der Waals surface area (Å²) in [7, 11) is 0. The number of nitrogens with zero attached hydrogens (tertiary/aromatic N) is 1. The minimum atomic E-state index is 0.340. The van der Waals surface area contributed by atoms with Crippen LogP contribution in [0.3, 0.4) is 0 Å². The first-order chi connectivity index (χ1) is 6.92. The first-order valence-electron chi connectivity index (χ1n) is 5.58. The van der Waals surface area contributed by atoms with E-state index in [0.29, 0.717) is 11.5 Å². The molecule has 0 saturated heterocycles. The first-order valence-corrected chi connectivity index (χ1v) is 6.46. The van der Waals surface area contributed by atoms with Crippen LogP contribution < -0.4 is 5.32 Å². The van der Waals surface area contributed by atoms with Crippen LogP contribution in [0, 0.1) is 12.3 Å². The maximum Gasteiger partial charge on any atom is 0.110 e. The zero-order valence-corrected chi connectivity index (χ0v) is 11.2. The van der Waals surface area contributed by atoms with Crippen LogP contribution in [-0.4, -0.2) is 11.5 Å². The van der Waals surface area contributed by atoms with Crippen molar-refractivity contribution in [1.29, 1.82) is 0 Å². The monoisotopic (exact) mass is 226 g/mol. The van der Waals surface area contributed by atoms with Crippen molar-refractivity contribution in [3.63, 3.8) is 0 Å². The number of hydrogen-bond acceptors (Lipinski definition) is 3. The molecule has 0 bridgehead atoms. The highest BCUT2D eigenvalue weighted by Crippen LogP contribution is 2.30. The quantitative estimate of drug-likeness (QED) is 0.849. The lowest BCUT2D eigenvalue weighted by atomic mass is 9.88. The molecule has 0 fully saturated rings. The van der Waals surface area contributed by atoms with E-state index in [2.05, 4.69) is 50.3 Å². The minimum absolute atomic E-state index is 0.340. The Bertz CT molecular complexity index is 299. The molecule has 1 heterocycles. The van der Waals surface area contributed by atoms with Gasteiger partial charge in [-0.25, -0.2) is 4.98 Å². The molecule has 0 aliphatic carbocycles. The Balaban J connectivity index is 2.74. The van der Waals surface area contributed by atoms with Crippen molar-refractivity contribution in [3.8, 4) is 0 Å². The van der Waals surface area contributed by atoms with Crippen LogP contribution in [0.1, 0.15) is 50.9 Å². The molecule has 0 aromatic carbocycles. The second kappa shape index (κ2) is 5.08. The molecule has 0 radical (unpaired) electrons. The summed E-state index contributed by atoms with van der Waals surface area (Å²) in [4.78, 5) is 4.57. The number of nitrogens with one attached hydrogen (secondary N) is 1. The number of aromatic nitrogens is 1. The van der Waals surface area contributed by atoms with Crippen molar-refractivity contribution >= 4 is 11.3 Å². The third-order valence-electron chi connectivity index (χ3n) is 2.20. The van der Waals surface area contributed by atoms with Gasteiger partial charge in [0.05, 0.1) is 6.04 Å². The van der Waals surface area contributed by atoms with Gasteiger partial charge in [-0.05, 0) is 25.3 Å². The second-order valence-electron chi connectivity index (χ2n) is 5.20. The molecule has 1 N–H and O–H groups in total. The van der Waals surface area contributed by atoms with Crippen LogP contribution in [0.4, 0.5) is 0 Å². The van der Waals surface area contributed by atoms with Crippen LogP contribution >= 0.6 is 11.3 Å². The van der Waals surface area contributed by atoms with E-state index in [1.54, 1.807) is 11.3 Å². The van der Waals surface area contributed by atoms with Gasteiger partial charge in [0.1, 0.15) is 5.01 Å². The van der Waals surface area contributed by atoms with E-state index in [9.17, 15) is 0 Å². The Hall–Kier alpha value is -0.410. The van der Waals surface area contributed by atoms with Crippen molar-refractivity contribution in [2.24, 2.45) is 5.41 Å². The predicted octanol–water partition coefficient (Wildman–Crippen LogP) is 3.54. The molecular formula is C12H22N2S. The zero-order valence-electron chi connectivity index (χ0n) is 10.4. The summed E-state index contributed by atoms with van der Waals surface area (Å²) in [5.41, 5.74) is 1.47. The van der Waals surface area contributed by atoms with E-state index in [4.69, 9.17) is 0 Å². The van der Waals surface area contributed by atoms with Gasteiger partial charge in [0.2, 0.25) is 0 Å². The fraction of sp³-hybridized carbons (Fsp3) is 0.750. The molecule has 1 atom stereocenters. The molecule has 0 amide bonds. The van der Waals surface area contributed by atoms with Crippen molar-refractivity contribution < 1.29 is 0 Å². The molecular weight excluding hydrogens is 204 g/mol. The lowest BCUT2D eigenvalue weighted by molar-refractivity contribution is 0.313. The molecule has 1 rings (SSSR count). The topological polar surface area (TPSA) is 24.9 Å². The average molecular weight is 226 g/mol. The summed E-state index contributed by atoms with van der Waals surface area (Å²) in [6.07, 6.45) is 1.13. The maximum atomic E-state index is 4.57. The van der Waals surface area contributed by atoms with Gasteiger partial charge in [0.25, 0.3) is 0 Å². The van der Waals surface area contributed by atoms with Gasteiger partial charge in [0, 0.05) is 11.1 Å². The van der Waals surface area contributed by atoms with Crippen molar-refractivity contribution in [3.05, 3.63) is 16.1 Å². The summed E-state index contributed by atoms with van der Waals surface area (Å²) in [6, 6.07) is 0.411. The third kappa shape index (κ3) is 4.31. The first kappa shape index (κ1) is 12.7. The van der Waals surface area contributed by atoms with E-state index in [-0.39, 0.29) is 0 Å². The fourth-order valence-electron chi connectivity index (χ4n) is 1.64. The van der Waals surface area contributed by atoms with Crippen molar-refractivity contribution in [1.82, 2.24) is 10.3 Å². The Morgan fingerprint density at radius 3 is 2.53 bits per heavy atom. The molecule has 15 heavy (non-hydrogen) atoms. The number of aryl methyl sites for hydroxylation is 1. The van der Waals surface area contributed by atoms with E-state index in [1.807, 2.05) is 0 Å². The fourth-order valence-corrected chi connectivity index (χ4v) is 2.51. The van der Waals surface area contributed by atoms with Gasteiger partial charge in [-0.1, -0.05) is 27.7 Å². The molecule has 3 heteroatoms. The molecule has 0 saturated carbocycles. The average Bonchev–Trinajstić information content (AvgIpc) is 2.48. The van der Waals surface area contributed by atoms with Crippen LogP contribution in [0.2, 0.25) is 0 Å². The molecule has 1 aromatic rings. The van der Waals surface area contributed by atoms with Gasteiger partial charge < -0.3 is 5.32 Å². The van der Waals surface area contributed by atoms with Crippen LogP contribution in [0.5, 0.6) is 0 Å². The Labute approximate surface area is 97.1 Å². The summed E-state index contributed by atoms with van der Waals surface area (Å²) < 4.78 is 0. The standard InChI is InChI=1S/C12H22N2S/c1-6-13-10(7-12(3,4)5)11-14-9(2)8-15-11/h8,10,13H,6-7H2,1-5H3. The van der Waals surface area contributed by atoms with Crippen LogP contribution in [0.25, 0.3) is 0 Å². The summed E-state index contributed by atoms with van der Waals surface area (Å²) >= 11 is 1.76. The van der Waals surface area contributed by atoms with Crippen molar-refractivity contribution in [2.75, 3.05) is 6.54 Å². The smallest absolute Gasteiger partial charge is 0.110 e. The largest absolute Gasteiger partial charge is 0.308 e. The second-order valence-corrected chi connectivity index (χ2v) is 6.09. The number of hydrogen-bond donors (Lipinski definition) is 1. The zero-order chi connectivity index (χ0) is 11.5. The third-order valence-corrected chi connectivity index (χ3v) is 3.28. The Morgan fingerprint density at radius 2 is 2.13 bits per heavy atom. The minimum Gasteiger partial charge on any atom is -0.308 e. The highest BCUT2D eigenvalue weighted by Gasteiger charge is 2.21. The predicted molar refractivity (Wildman–Crippen MR) is 67.3 cm³/mol. The Kier molecular flexibility index (Phi) is 4.29. The van der Waals surface area contributed by atoms with Crippen molar-refractivity contribution in [2.45, 2.75) is 47.1 Å². The van der Waals surface area contributed by atoms with E-state index in [1.165, 1.54) is 5.01 Å². The van der Waals surface area contributed by atoms with E-state index >= 15 is 0 Å². The summed E-state index contributed by atoms with van der Waals surface area (Å²) in [6.45, 7) is 12.0. The highest BCUT2D eigenvalue weighted by molar-refractivity contribution is 7.09. The van der Waals surface area contributed by atoms with Crippen LogP contribution in [-0.2, 0) is 0 Å². The molecule has 86 valence electrons. The molecule has 1 aromatic heterocycles. The molecule has 0 aliphatic rings. The molecule has 1 unspecified atom stereocenters. The lowest BCUT2D eigenvalue weighted by Gasteiger charge is -2.25. The van der Waals surface area contributed by atoms with E-state index in [0.717, 1.165) is 18.7 Å². The number of rotatable bonds is 4. The maximum absolute atomic E-state index is 4.57. The van der Waals surface area contributed by atoms with Gasteiger partial charge in [-0.3, -0.25) is 0 Å². The van der Waals surface area contributed by atoms with E-state index < -0.39 is 0 Å². The van der Waals surface area contributed by atoms with Crippen LogP contribution in [0.15, 0.2) is 5.38 Å². The molecule has 0 spiro atoms. The summed E-state index contributed by atoms with van der Waals surface area (Å²) in [5.74, 6) is 0. The van der Waals surface area contributed by atoms with Gasteiger partial charge >= 0.3 is 0 Å². The number of thiazole rings is 1.